The van der Waals surface area contributed by atoms with Crippen LogP contribution in [0.15, 0.2) is 77.9 Å². The maximum atomic E-state index is 12.6. The molecule has 1 N–H and O–H groups in total. The average molecular weight is 460 g/mol. The summed E-state index contributed by atoms with van der Waals surface area (Å²) < 4.78 is 24.7. The zero-order valence-electron chi connectivity index (χ0n) is 18.6. The van der Waals surface area contributed by atoms with E-state index in [0.717, 1.165) is 46.4 Å². The minimum Gasteiger partial charge on any atom is -0.322 e. The summed E-state index contributed by atoms with van der Waals surface area (Å²) in [6, 6.07) is 9.39. The highest BCUT2D eigenvalue weighted by Gasteiger charge is 2.25. The van der Waals surface area contributed by atoms with Crippen molar-refractivity contribution in [1.29, 1.82) is 0 Å². The molecule has 1 saturated carbocycles. The first-order valence-electron chi connectivity index (χ1n) is 10.9. The molecule has 3 aromatic rings. The second kappa shape index (κ2) is 10.7. The molecule has 6 nitrogen and oxygen atoms in total. The SMILES string of the molecule is Cc1ccc(NC(=O)C(/C=C/CF)=C/C=N\F)cc1-c1cncc(-c2ccnc(C3CC3)c2)n1. The average Bonchev–Trinajstić information content (AvgIpc) is 3.71. The lowest BCUT2D eigenvalue weighted by molar-refractivity contribution is -0.112. The number of pyridine rings is 1. The predicted molar refractivity (Wildman–Crippen MR) is 129 cm³/mol. The molecule has 1 amide bonds. The van der Waals surface area contributed by atoms with Gasteiger partial charge in [0, 0.05) is 40.2 Å². The molecule has 0 spiro atoms. The van der Waals surface area contributed by atoms with Gasteiger partial charge in [0.05, 0.1) is 30.0 Å². The van der Waals surface area contributed by atoms with Crippen LogP contribution in [0.25, 0.3) is 22.5 Å². The number of rotatable bonds is 8. The molecule has 0 atom stereocenters. The first-order chi connectivity index (χ1) is 16.6. The Balaban J connectivity index is 1.61. The van der Waals surface area contributed by atoms with E-state index in [-0.39, 0.29) is 5.57 Å². The molecular weight excluding hydrogens is 436 g/mol. The third-order valence-electron chi connectivity index (χ3n) is 5.44. The number of nitrogens with zero attached hydrogens (tertiary/aromatic N) is 4. The summed E-state index contributed by atoms with van der Waals surface area (Å²) in [7, 11) is 0. The number of aromatic nitrogens is 3. The van der Waals surface area contributed by atoms with Gasteiger partial charge in [0.25, 0.3) is 5.91 Å². The fourth-order valence-electron chi connectivity index (χ4n) is 3.51. The summed E-state index contributed by atoms with van der Waals surface area (Å²) in [5.41, 5.74) is 5.76. The lowest BCUT2D eigenvalue weighted by Crippen LogP contribution is -2.13. The van der Waals surface area contributed by atoms with Crippen molar-refractivity contribution in [2.45, 2.75) is 25.7 Å². The predicted octanol–water partition coefficient (Wildman–Crippen LogP) is 5.74. The van der Waals surface area contributed by atoms with E-state index in [1.165, 1.54) is 18.9 Å². The maximum absolute atomic E-state index is 12.6. The maximum Gasteiger partial charge on any atom is 0.255 e. The summed E-state index contributed by atoms with van der Waals surface area (Å²) in [6.07, 6.45) is 11.9. The number of amides is 1. The Labute approximate surface area is 196 Å². The first kappa shape index (κ1) is 23.1. The van der Waals surface area contributed by atoms with Crippen LogP contribution in [-0.4, -0.2) is 33.7 Å². The summed E-state index contributed by atoms with van der Waals surface area (Å²) in [5.74, 6) is 0.0112. The number of halogens is 2. The molecule has 0 aliphatic heterocycles. The fourth-order valence-corrected chi connectivity index (χ4v) is 3.51. The van der Waals surface area contributed by atoms with Crippen molar-refractivity contribution in [1.82, 2.24) is 15.0 Å². The normalized spacial score (nSPS) is 14.1. The van der Waals surface area contributed by atoms with Gasteiger partial charge in [0.2, 0.25) is 0 Å². The van der Waals surface area contributed by atoms with E-state index in [4.69, 9.17) is 4.98 Å². The van der Waals surface area contributed by atoms with Crippen LogP contribution in [0.2, 0.25) is 0 Å². The van der Waals surface area contributed by atoms with Crippen molar-refractivity contribution in [3.63, 3.8) is 0 Å². The minimum atomic E-state index is -0.749. The van der Waals surface area contributed by atoms with Crippen molar-refractivity contribution < 1.29 is 13.7 Å². The van der Waals surface area contributed by atoms with Crippen molar-refractivity contribution >= 4 is 17.8 Å². The van der Waals surface area contributed by atoms with Gasteiger partial charge in [0.1, 0.15) is 6.67 Å². The van der Waals surface area contributed by atoms with Gasteiger partial charge in [-0.3, -0.25) is 14.8 Å². The Morgan fingerprint density at radius 2 is 2.03 bits per heavy atom. The van der Waals surface area contributed by atoms with Crippen molar-refractivity contribution in [2.24, 2.45) is 5.21 Å². The van der Waals surface area contributed by atoms with Crippen molar-refractivity contribution in [3.05, 3.63) is 84.0 Å². The third kappa shape index (κ3) is 5.64. The Morgan fingerprint density at radius 1 is 1.21 bits per heavy atom. The largest absolute Gasteiger partial charge is 0.322 e. The van der Waals surface area contributed by atoms with Crippen LogP contribution in [0.3, 0.4) is 0 Å². The molecule has 1 aliphatic carbocycles. The van der Waals surface area contributed by atoms with Crippen molar-refractivity contribution in [3.8, 4) is 22.5 Å². The van der Waals surface area contributed by atoms with Gasteiger partial charge in [-0.25, -0.2) is 9.37 Å². The van der Waals surface area contributed by atoms with E-state index >= 15 is 0 Å². The van der Waals surface area contributed by atoms with Crippen LogP contribution in [0.4, 0.5) is 14.6 Å². The van der Waals surface area contributed by atoms with E-state index in [2.05, 4.69) is 26.6 Å². The number of benzene rings is 1. The van der Waals surface area contributed by atoms with E-state index in [9.17, 15) is 13.7 Å². The molecule has 34 heavy (non-hydrogen) atoms. The number of hydrogen-bond acceptors (Lipinski definition) is 5. The molecule has 1 aromatic carbocycles. The molecule has 0 saturated heterocycles. The zero-order valence-corrected chi connectivity index (χ0v) is 18.6. The molecule has 1 fully saturated rings. The molecule has 2 heterocycles. The molecular formula is C26H23F2N5O. The summed E-state index contributed by atoms with van der Waals surface area (Å²) in [6.45, 7) is 1.20. The van der Waals surface area contributed by atoms with Crippen LogP contribution >= 0.6 is 0 Å². The monoisotopic (exact) mass is 459 g/mol. The number of aryl methyl sites for hydroxylation is 1. The number of allylic oxidation sites excluding steroid dienone is 2. The van der Waals surface area contributed by atoms with Gasteiger partial charge in [-0.15, -0.1) is 0 Å². The highest BCUT2D eigenvalue weighted by atomic mass is 19.2. The van der Waals surface area contributed by atoms with Crippen LogP contribution in [0.1, 0.15) is 30.0 Å². The van der Waals surface area contributed by atoms with E-state index < -0.39 is 12.6 Å². The van der Waals surface area contributed by atoms with Crippen LogP contribution in [0.5, 0.6) is 0 Å². The van der Waals surface area contributed by atoms with Crippen molar-refractivity contribution in [2.75, 3.05) is 12.0 Å². The van der Waals surface area contributed by atoms with Crippen LogP contribution < -0.4 is 5.32 Å². The smallest absolute Gasteiger partial charge is 0.255 e. The van der Waals surface area contributed by atoms with Gasteiger partial charge in [0.15, 0.2) is 0 Å². The van der Waals surface area contributed by atoms with E-state index in [0.29, 0.717) is 17.3 Å². The molecule has 8 heteroatoms. The number of carbonyl (C=O) groups excluding carboxylic acids is 1. The Kier molecular flexibility index (Phi) is 7.27. The first-order valence-corrected chi connectivity index (χ1v) is 10.9. The summed E-state index contributed by atoms with van der Waals surface area (Å²) in [4.78, 5) is 26.3. The molecule has 4 rings (SSSR count). The molecule has 172 valence electrons. The topological polar surface area (TPSA) is 80.1 Å². The second-order valence-corrected chi connectivity index (χ2v) is 7.94. The number of alkyl halides is 1. The number of carbonyl (C=O) groups is 1. The highest BCUT2D eigenvalue weighted by molar-refractivity contribution is 6.08. The van der Waals surface area contributed by atoms with Crippen LogP contribution in [0, 0.1) is 6.92 Å². The van der Waals surface area contributed by atoms with Gasteiger partial charge < -0.3 is 5.32 Å². The third-order valence-corrected chi connectivity index (χ3v) is 5.44. The Bertz CT molecular complexity index is 1280. The molecule has 0 bridgehead atoms. The lowest BCUT2D eigenvalue weighted by Gasteiger charge is -2.11. The van der Waals surface area contributed by atoms with E-state index in [1.807, 2.05) is 19.1 Å². The summed E-state index contributed by atoms with van der Waals surface area (Å²) >= 11 is 0. The Morgan fingerprint density at radius 3 is 2.79 bits per heavy atom. The quantitative estimate of drug-likeness (QED) is 0.265. The fraction of sp³-hybridized carbons (Fsp3) is 0.192. The Hall–Kier alpha value is -4.07. The standard InChI is InChI=1S/C26H23F2N5O/c1-17-4-7-21(32-26(34)19(3-2-10-27)9-12-31-28)14-22(17)25-16-29-15-24(33-25)20-8-11-30-23(13-20)18-5-6-18/h2-4,7-9,11-16,18H,5-6,10H2,1H3,(H,32,34)/b3-2+,19-9+,31-12-. The number of hydrogen-bond donors (Lipinski definition) is 1. The molecule has 2 aromatic heterocycles. The van der Waals surface area contributed by atoms with Gasteiger partial charge in [-0.05, 0) is 55.7 Å². The number of nitrogens with one attached hydrogen (secondary N) is 1. The minimum absolute atomic E-state index is 0.0621. The zero-order chi connectivity index (χ0) is 23.9. The van der Waals surface area contributed by atoms with Crippen LogP contribution in [-0.2, 0) is 4.79 Å². The van der Waals surface area contributed by atoms with E-state index in [1.54, 1.807) is 30.7 Å². The second-order valence-electron chi connectivity index (χ2n) is 7.94. The van der Waals surface area contributed by atoms with Gasteiger partial charge in [-0.1, -0.05) is 27.9 Å². The molecule has 0 unspecified atom stereocenters. The molecule has 0 radical (unpaired) electrons. The number of anilines is 1. The van der Waals surface area contributed by atoms with Gasteiger partial charge >= 0.3 is 0 Å². The highest BCUT2D eigenvalue weighted by Crippen LogP contribution is 2.39. The molecule has 1 aliphatic rings. The lowest BCUT2D eigenvalue weighted by atomic mass is 10.0. The summed E-state index contributed by atoms with van der Waals surface area (Å²) in [5, 5.41) is 5.11. The van der Waals surface area contributed by atoms with Gasteiger partial charge in [-0.2, -0.15) is 0 Å².